The van der Waals surface area contributed by atoms with Crippen molar-refractivity contribution >= 4 is 23.0 Å². The normalized spacial score (nSPS) is 22.0. The number of hydrogen-bond donors (Lipinski definition) is 3. The van der Waals surface area contributed by atoms with E-state index in [9.17, 15) is 19.8 Å². The third-order valence-electron chi connectivity index (χ3n) is 4.76. The van der Waals surface area contributed by atoms with Crippen molar-refractivity contribution in [3.8, 4) is 0 Å². The predicted octanol–water partition coefficient (Wildman–Crippen LogP) is -0.301. The number of aliphatic hydroxyl groups excluding tert-OH is 2. The van der Waals surface area contributed by atoms with Crippen molar-refractivity contribution < 1.29 is 19.7 Å². The molecule has 1 saturated heterocycles. The molecule has 0 bridgehead atoms. The number of nitrogen functional groups attached to an aromatic ring is 1. The lowest BCUT2D eigenvalue weighted by molar-refractivity contribution is -0.0432. The standard InChI is InChI=1S/C18H19N5O5/c19-18-21-16-15(20-9-22(16)14-7-11(25)12(8-24)28-14)17(27)23(18)13(26)6-10-4-2-1-3-5-10/h1-5,9,11-12,14,24-25H,6-8H2,(H2,19,21)/t11-,12+,14+/m0/s1. The third kappa shape index (κ3) is 3.07. The number of nitrogens with zero attached hydrogens (tertiary/aromatic N) is 4. The van der Waals surface area contributed by atoms with Gasteiger partial charge in [-0.3, -0.25) is 14.2 Å². The van der Waals surface area contributed by atoms with Gasteiger partial charge in [0, 0.05) is 6.42 Å². The summed E-state index contributed by atoms with van der Waals surface area (Å²) in [4.78, 5) is 33.7. The van der Waals surface area contributed by atoms with E-state index in [-0.39, 0.29) is 36.6 Å². The number of benzene rings is 1. The van der Waals surface area contributed by atoms with Crippen molar-refractivity contribution in [1.29, 1.82) is 0 Å². The minimum Gasteiger partial charge on any atom is -0.394 e. The van der Waals surface area contributed by atoms with Crippen LogP contribution in [0.2, 0.25) is 0 Å². The van der Waals surface area contributed by atoms with E-state index >= 15 is 0 Å². The van der Waals surface area contributed by atoms with Gasteiger partial charge >= 0.3 is 0 Å². The zero-order valence-corrected chi connectivity index (χ0v) is 14.8. The van der Waals surface area contributed by atoms with Crippen molar-refractivity contribution in [3.05, 3.63) is 52.6 Å². The molecule has 1 aliphatic rings. The lowest BCUT2D eigenvalue weighted by Gasteiger charge is -2.14. The maximum Gasteiger partial charge on any atom is 0.289 e. The van der Waals surface area contributed by atoms with Crippen LogP contribution in [0.25, 0.3) is 11.2 Å². The lowest BCUT2D eigenvalue weighted by atomic mass is 10.1. The molecule has 3 heterocycles. The number of fused-ring (bicyclic) bond motifs is 1. The van der Waals surface area contributed by atoms with Gasteiger partial charge in [-0.05, 0) is 5.56 Å². The first kappa shape index (κ1) is 18.3. The maximum absolute atomic E-state index is 12.8. The number of hydrogen-bond acceptors (Lipinski definition) is 8. The Kier molecular flexibility index (Phi) is 4.67. The molecule has 1 aromatic carbocycles. The molecular weight excluding hydrogens is 366 g/mol. The van der Waals surface area contributed by atoms with E-state index in [1.165, 1.54) is 10.9 Å². The molecule has 0 aliphatic carbocycles. The van der Waals surface area contributed by atoms with Crippen molar-refractivity contribution in [2.45, 2.75) is 31.3 Å². The molecule has 28 heavy (non-hydrogen) atoms. The summed E-state index contributed by atoms with van der Waals surface area (Å²) in [7, 11) is 0. The summed E-state index contributed by atoms with van der Waals surface area (Å²) in [6.07, 6.45) is -0.685. The van der Waals surface area contributed by atoms with Crippen LogP contribution in [0.5, 0.6) is 0 Å². The summed E-state index contributed by atoms with van der Waals surface area (Å²) in [5.41, 5.74) is 6.11. The summed E-state index contributed by atoms with van der Waals surface area (Å²) in [6, 6.07) is 8.99. The number of carbonyl (C=O) groups excluding carboxylic acids is 1. The fraction of sp³-hybridized carbons (Fsp3) is 0.333. The van der Waals surface area contributed by atoms with E-state index in [2.05, 4.69) is 9.97 Å². The number of rotatable bonds is 4. The largest absolute Gasteiger partial charge is 0.394 e. The second-order valence-corrected chi connectivity index (χ2v) is 6.61. The maximum atomic E-state index is 12.8. The summed E-state index contributed by atoms with van der Waals surface area (Å²) < 4.78 is 7.86. The number of carbonyl (C=O) groups is 1. The van der Waals surface area contributed by atoms with Gasteiger partial charge in [-0.1, -0.05) is 30.3 Å². The Morgan fingerprint density at radius 2 is 2.07 bits per heavy atom. The van der Waals surface area contributed by atoms with E-state index in [0.717, 1.165) is 10.1 Å². The minimum absolute atomic E-state index is 0.00501. The van der Waals surface area contributed by atoms with Crippen molar-refractivity contribution in [1.82, 2.24) is 19.1 Å². The highest BCUT2D eigenvalue weighted by molar-refractivity contribution is 5.86. The van der Waals surface area contributed by atoms with Crippen LogP contribution < -0.4 is 11.3 Å². The van der Waals surface area contributed by atoms with E-state index in [4.69, 9.17) is 10.5 Å². The van der Waals surface area contributed by atoms with E-state index in [1.807, 2.05) is 6.07 Å². The molecule has 1 fully saturated rings. The minimum atomic E-state index is -0.849. The van der Waals surface area contributed by atoms with Crippen molar-refractivity contribution in [3.63, 3.8) is 0 Å². The first-order valence-corrected chi connectivity index (χ1v) is 8.76. The van der Waals surface area contributed by atoms with Gasteiger partial charge in [0.15, 0.2) is 11.2 Å². The van der Waals surface area contributed by atoms with Gasteiger partial charge in [-0.2, -0.15) is 4.98 Å². The first-order chi connectivity index (χ1) is 13.5. The van der Waals surface area contributed by atoms with Gasteiger partial charge in [-0.15, -0.1) is 0 Å². The second-order valence-electron chi connectivity index (χ2n) is 6.61. The highest BCUT2D eigenvalue weighted by atomic mass is 16.5. The van der Waals surface area contributed by atoms with Crippen LogP contribution in [0.1, 0.15) is 23.0 Å². The Balaban J connectivity index is 1.70. The molecular formula is C18H19N5O5. The van der Waals surface area contributed by atoms with Gasteiger partial charge < -0.3 is 20.7 Å². The Morgan fingerprint density at radius 1 is 1.32 bits per heavy atom. The molecule has 1 aliphatic heterocycles. The average molecular weight is 385 g/mol. The molecule has 10 nitrogen and oxygen atoms in total. The van der Waals surface area contributed by atoms with Crippen molar-refractivity contribution in [2.24, 2.45) is 0 Å². The molecule has 0 saturated carbocycles. The molecule has 0 unspecified atom stereocenters. The summed E-state index contributed by atoms with van der Waals surface area (Å²) in [6.45, 7) is -0.333. The SMILES string of the molecule is Nc1nc2c(ncn2[C@H]2C[C@H](O)[C@@H](CO)O2)c(=O)n1C(=O)Cc1ccccc1. The molecule has 4 rings (SSSR count). The molecule has 0 radical (unpaired) electrons. The molecule has 2 aromatic heterocycles. The van der Waals surface area contributed by atoms with Crippen LogP contribution in [0, 0.1) is 0 Å². The summed E-state index contributed by atoms with van der Waals surface area (Å²) in [5, 5.41) is 19.2. The molecule has 0 amide bonds. The Hall–Kier alpha value is -3.08. The van der Waals surface area contributed by atoms with Crippen LogP contribution in [-0.4, -0.2) is 54.0 Å². The fourth-order valence-corrected chi connectivity index (χ4v) is 3.34. The highest BCUT2D eigenvalue weighted by Crippen LogP contribution is 2.30. The molecule has 10 heteroatoms. The summed E-state index contributed by atoms with van der Waals surface area (Å²) in [5.74, 6) is -0.761. The molecule has 3 aromatic rings. The Morgan fingerprint density at radius 3 is 2.75 bits per heavy atom. The predicted molar refractivity (Wildman–Crippen MR) is 98.6 cm³/mol. The van der Waals surface area contributed by atoms with Gasteiger partial charge in [0.1, 0.15) is 12.3 Å². The average Bonchev–Trinajstić information content (AvgIpc) is 3.25. The van der Waals surface area contributed by atoms with Gasteiger partial charge in [0.05, 0.1) is 25.5 Å². The van der Waals surface area contributed by atoms with E-state index in [1.54, 1.807) is 24.3 Å². The number of aliphatic hydroxyl groups is 2. The van der Waals surface area contributed by atoms with Gasteiger partial charge in [-0.25, -0.2) is 9.55 Å². The molecule has 3 atom stereocenters. The monoisotopic (exact) mass is 385 g/mol. The van der Waals surface area contributed by atoms with Crippen LogP contribution in [0.4, 0.5) is 5.95 Å². The zero-order chi connectivity index (χ0) is 19.8. The van der Waals surface area contributed by atoms with Crippen LogP contribution in [-0.2, 0) is 11.2 Å². The molecule has 146 valence electrons. The second kappa shape index (κ2) is 7.15. The van der Waals surface area contributed by atoms with E-state index < -0.39 is 29.9 Å². The van der Waals surface area contributed by atoms with Crippen LogP contribution in [0.3, 0.4) is 0 Å². The summed E-state index contributed by atoms with van der Waals surface area (Å²) >= 11 is 0. The van der Waals surface area contributed by atoms with Crippen molar-refractivity contribution in [2.75, 3.05) is 12.3 Å². The van der Waals surface area contributed by atoms with Crippen LogP contribution in [0.15, 0.2) is 41.5 Å². The number of anilines is 1. The smallest absolute Gasteiger partial charge is 0.289 e. The number of imidazole rings is 1. The highest BCUT2D eigenvalue weighted by Gasteiger charge is 2.35. The number of nitrogens with two attached hydrogens (primary N) is 1. The molecule has 4 N–H and O–H groups in total. The fourth-order valence-electron chi connectivity index (χ4n) is 3.34. The molecule has 0 spiro atoms. The van der Waals surface area contributed by atoms with Gasteiger partial charge in [0.2, 0.25) is 11.9 Å². The van der Waals surface area contributed by atoms with Crippen LogP contribution >= 0.6 is 0 Å². The number of aromatic nitrogens is 4. The quantitative estimate of drug-likeness (QED) is 0.555. The third-order valence-corrected chi connectivity index (χ3v) is 4.76. The first-order valence-electron chi connectivity index (χ1n) is 8.76. The Labute approximate surface area is 158 Å². The number of ether oxygens (including phenoxy) is 1. The zero-order valence-electron chi connectivity index (χ0n) is 14.8. The lowest BCUT2D eigenvalue weighted by Crippen LogP contribution is -2.31. The Bertz CT molecular complexity index is 1080. The topological polar surface area (TPSA) is 145 Å². The van der Waals surface area contributed by atoms with Gasteiger partial charge in [0.25, 0.3) is 5.56 Å². The van der Waals surface area contributed by atoms with E-state index in [0.29, 0.717) is 0 Å².